The highest BCUT2D eigenvalue weighted by Crippen LogP contribution is 2.17. The van der Waals surface area contributed by atoms with E-state index in [1.165, 1.54) is 5.56 Å². The molecule has 1 unspecified atom stereocenters. The van der Waals surface area contributed by atoms with E-state index in [1.54, 1.807) is 6.07 Å². The van der Waals surface area contributed by atoms with E-state index in [4.69, 9.17) is 5.73 Å². The molecule has 0 aliphatic carbocycles. The van der Waals surface area contributed by atoms with Crippen molar-refractivity contribution in [1.29, 1.82) is 0 Å². The van der Waals surface area contributed by atoms with Gasteiger partial charge in [0.1, 0.15) is 0 Å². The van der Waals surface area contributed by atoms with E-state index in [0.717, 1.165) is 32.6 Å². The zero-order valence-electron chi connectivity index (χ0n) is 14.2. The van der Waals surface area contributed by atoms with Crippen LogP contribution in [0.3, 0.4) is 0 Å². The first kappa shape index (κ1) is 16.5. The van der Waals surface area contributed by atoms with E-state index >= 15 is 0 Å². The normalized spacial score (nSPS) is 19.0. The van der Waals surface area contributed by atoms with E-state index in [2.05, 4.69) is 36.1 Å². The molecule has 0 radical (unpaired) electrons. The van der Waals surface area contributed by atoms with Crippen molar-refractivity contribution in [3.8, 4) is 0 Å². The maximum Gasteiger partial charge on any atom is 0.253 e. The van der Waals surface area contributed by atoms with Gasteiger partial charge in [0.05, 0.1) is 0 Å². The van der Waals surface area contributed by atoms with Gasteiger partial charge in [-0.1, -0.05) is 36.4 Å². The number of benzene rings is 2. The van der Waals surface area contributed by atoms with Crippen LogP contribution >= 0.6 is 0 Å². The minimum absolute atomic E-state index is 0.0797. The molecule has 3 rings (SSSR count). The molecule has 126 valence electrons. The van der Waals surface area contributed by atoms with Crippen molar-refractivity contribution in [1.82, 2.24) is 9.80 Å². The van der Waals surface area contributed by atoms with Gasteiger partial charge in [-0.3, -0.25) is 9.69 Å². The first-order chi connectivity index (χ1) is 11.6. The lowest BCUT2D eigenvalue weighted by atomic mass is 10.1. The van der Waals surface area contributed by atoms with Gasteiger partial charge in [-0.15, -0.1) is 0 Å². The van der Waals surface area contributed by atoms with E-state index in [1.807, 2.05) is 29.2 Å². The van der Waals surface area contributed by atoms with Crippen molar-refractivity contribution in [2.24, 2.45) is 0 Å². The first-order valence-corrected chi connectivity index (χ1v) is 8.56. The summed E-state index contributed by atoms with van der Waals surface area (Å²) in [5.74, 6) is 0.0797. The Kier molecular flexibility index (Phi) is 5.16. The number of anilines is 1. The Hall–Kier alpha value is -2.33. The average Bonchev–Trinajstić information content (AvgIpc) is 2.78. The summed E-state index contributed by atoms with van der Waals surface area (Å²) in [6, 6.07) is 18.2. The number of carbonyl (C=O) groups excluding carboxylic acids is 1. The van der Waals surface area contributed by atoms with Crippen LogP contribution in [0, 0.1) is 0 Å². The fourth-order valence-electron chi connectivity index (χ4n) is 3.22. The van der Waals surface area contributed by atoms with Gasteiger partial charge < -0.3 is 10.6 Å². The molecule has 1 atom stereocenters. The number of nitrogens with zero attached hydrogens (tertiary/aromatic N) is 2. The second-order valence-electron chi connectivity index (χ2n) is 6.51. The lowest BCUT2D eigenvalue weighted by Crippen LogP contribution is -2.36. The topological polar surface area (TPSA) is 49.6 Å². The smallest absolute Gasteiger partial charge is 0.253 e. The van der Waals surface area contributed by atoms with Crippen LogP contribution in [0.25, 0.3) is 0 Å². The van der Waals surface area contributed by atoms with Crippen LogP contribution in [0.2, 0.25) is 0 Å². The van der Waals surface area contributed by atoms with E-state index < -0.39 is 0 Å². The standard InChI is InChI=1S/C20H25N3O/c1-16-10-11-22(20(24)18-8-5-9-19(21)14-18)12-13-23(16)15-17-6-3-2-4-7-17/h2-9,14,16H,10-13,15,21H2,1H3. The van der Waals surface area contributed by atoms with Crippen molar-refractivity contribution in [3.05, 3.63) is 65.7 Å². The molecule has 1 heterocycles. The van der Waals surface area contributed by atoms with Gasteiger partial charge in [0, 0.05) is 43.5 Å². The maximum absolute atomic E-state index is 12.7. The second kappa shape index (κ2) is 7.49. The zero-order valence-corrected chi connectivity index (χ0v) is 14.2. The predicted molar refractivity (Wildman–Crippen MR) is 97.7 cm³/mol. The molecule has 2 aromatic rings. The summed E-state index contributed by atoms with van der Waals surface area (Å²) in [5, 5.41) is 0. The molecule has 1 amide bonds. The molecule has 4 nitrogen and oxygen atoms in total. The molecule has 2 aromatic carbocycles. The third kappa shape index (κ3) is 3.95. The van der Waals surface area contributed by atoms with Crippen molar-refractivity contribution < 1.29 is 4.79 Å². The predicted octanol–water partition coefficient (Wildman–Crippen LogP) is 3.01. The summed E-state index contributed by atoms with van der Waals surface area (Å²) >= 11 is 0. The van der Waals surface area contributed by atoms with Crippen LogP contribution in [0.1, 0.15) is 29.3 Å². The molecule has 1 fully saturated rings. The van der Waals surface area contributed by atoms with Gasteiger partial charge in [-0.2, -0.15) is 0 Å². The highest BCUT2D eigenvalue weighted by Gasteiger charge is 2.24. The molecule has 1 saturated heterocycles. The van der Waals surface area contributed by atoms with Gasteiger partial charge in [-0.05, 0) is 37.1 Å². The molecule has 0 bridgehead atoms. The number of hydrogen-bond donors (Lipinski definition) is 1. The monoisotopic (exact) mass is 323 g/mol. The molecule has 2 N–H and O–H groups in total. The Morgan fingerprint density at radius 1 is 1.08 bits per heavy atom. The molecular weight excluding hydrogens is 298 g/mol. The number of nitrogens with two attached hydrogens (primary N) is 1. The van der Waals surface area contributed by atoms with Crippen molar-refractivity contribution in [2.75, 3.05) is 25.4 Å². The first-order valence-electron chi connectivity index (χ1n) is 8.56. The van der Waals surface area contributed by atoms with Crippen LogP contribution in [0.4, 0.5) is 5.69 Å². The van der Waals surface area contributed by atoms with Crippen LogP contribution in [-0.4, -0.2) is 41.4 Å². The number of amides is 1. The SMILES string of the molecule is CC1CCN(C(=O)c2cccc(N)c2)CCN1Cc1ccccc1. The van der Waals surface area contributed by atoms with Gasteiger partial charge in [0.2, 0.25) is 0 Å². The highest BCUT2D eigenvalue weighted by molar-refractivity contribution is 5.95. The fourth-order valence-corrected chi connectivity index (χ4v) is 3.22. The number of carbonyl (C=O) groups is 1. The second-order valence-corrected chi connectivity index (χ2v) is 6.51. The largest absolute Gasteiger partial charge is 0.399 e. The number of rotatable bonds is 3. The molecule has 24 heavy (non-hydrogen) atoms. The molecule has 0 spiro atoms. The quantitative estimate of drug-likeness (QED) is 0.884. The molecule has 1 aliphatic rings. The Labute approximate surface area is 143 Å². The van der Waals surface area contributed by atoms with Gasteiger partial charge in [0.25, 0.3) is 5.91 Å². The molecule has 1 aliphatic heterocycles. The number of hydrogen-bond acceptors (Lipinski definition) is 3. The fraction of sp³-hybridized carbons (Fsp3) is 0.350. The van der Waals surface area contributed by atoms with Crippen LogP contribution in [0.15, 0.2) is 54.6 Å². The van der Waals surface area contributed by atoms with Crippen molar-refractivity contribution in [2.45, 2.75) is 25.9 Å². The van der Waals surface area contributed by atoms with Crippen LogP contribution in [-0.2, 0) is 6.54 Å². The third-order valence-electron chi connectivity index (χ3n) is 4.75. The lowest BCUT2D eigenvalue weighted by molar-refractivity contribution is 0.0761. The van der Waals surface area contributed by atoms with Crippen LogP contribution in [0.5, 0.6) is 0 Å². The summed E-state index contributed by atoms with van der Waals surface area (Å²) in [6.07, 6.45) is 0.987. The summed E-state index contributed by atoms with van der Waals surface area (Å²) in [5.41, 5.74) is 8.44. The van der Waals surface area contributed by atoms with Crippen molar-refractivity contribution in [3.63, 3.8) is 0 Å². The minimum atomic E-state index is 0.0797. The summed E-state index contributed by atoms with van der Waals surface area (Å²) in [7, 11) is 0. The summed E-state index contributed by atoms with van der Waals surface area (Å²) < 4.78 is 0. The minimum Gasteiger partial charge on any atom is -0.399 e. The summed E-state index contributed by atoms with van der Waals surface area (Å²) in [6.45, 7) is 5.62. The Balaban J connectivity index is 1.66. The average molecular weight is 323 g/mol. The Bertz CT molecular complexity index is 686. The van der Waals surface area contributed by atoms with Crippen LogP contribution < -0.4 is 5.73 Å². The highest BCUT2D eigenvalue weighted by atomic mass is 16.2. The Morgan fingerprint density at radius 2 is 1.88 bits per heavy atom. The summed E-state index contributed by atoms with van der Waals surface area (Å²) in [4.78, 5) is 17.1. The lowest BCUT2D eigenvalue weighted by Gasteiger charge is -2.26. The van der Waals surface area contributed by atoms with E-state index in [9.17, 15) is 4.79 Å². The maximum atomic E-state index is 12.7. The third-order valence-corrected chi connectivity index (χ3v) is 4.75. The van der Waals surface area contributed by atoms with Gasteiger partial charge in [0.15, 0.2) is 0 Å². The number of nitrogen functional groups attached to an aromatic ring is 1. The molecular formula is C20H25N3O. The van der Waals surface area contributed by atoms with Gasteiger partial charge >= 0.3 is 0 Å². The molecule has 0 saturated carbocycles. The Morgan fingerprint density at radius 3 is 2.62 bits per heavy atom. The van der Waals surface area contributed by atoms with E-state index in [0.29, 0.717) is 17.3 Å². The molecule has 0 aromatic heterocycles. The van der Waals surface area contributed by atoms with E-state index in [-0.39, 0.29) is 5.91 Å². The zero-order chi connectivity index (χ0) is 16.9. The van der Waals surface area contributed by atoms with Gasteiger partial charge in [-0.25, -0.2) is 0 Å². The van der Waals surface area contributed by atoms with Crippen molar-refractivity contribution >= 4 is 11.6 Å². The molecule has 4 heteroatoms.